The second-order valence-electron chi connectivity index (χ2n) is 10.3. The van der Waals surface area contributed by atoms with Crippen molar-refractivity contribution in [2.75, 3.05) is 26.6 Å². The van der Waals surface area contributed by atoms with E-state index >= 15 is 0 Å². The monoisotopic (exact) mass is 540 g/mol. The molecule has 1 spiro atoms. The summed E-state index contributed by atoms with van der Waals surface area (Å²) in [6.07, 6.45) is 8.09. The van der Waals surface area contributed by atoms with Crippen molar-refractivity contribution in [1.82, 2.24) is 4.31 Å². The smallest absolute Gasteiger partial charge is 0.289 e. The lowest BCUT2D eigenvalue weighted by molar-refractivity contribution is -0.387. The molecule has 0 saturated carbocycles. The average molecular weight is 541 g/mol. The fraction of sp³-hybridized carbons (Fsp3) is 0.407. The number of ether oxygens (including phenoxy) is 4. The molecule has 2 aromatic carbocycles. The van der Waals surface area contributed by atoms with Crippen molar-refractivity contribution in [2.45, 2.75) is 43.4 Å². The number of rotatable bonds is 6. The van der Waals surface area contributed by atoms with Gasteiger partial charge in [-0.2, -0.15) is 4.31 Å². The van der Waals surface area contributed by atoms with E-state index in [9.17, 15) is 18.5 Å². The van der Waals surface area contributed by atoms with Gasteiger partial charge in [0.05, 0.1) is 30.7 Å². The van der Waals surface area contributed by atoms with Crippen LogP contribution in [0.15, 0.2) is 53.4 Å². The molecule has 5 rings (SSSR count). The summed E-state index contributed by atoms with van der Waals surface area (Å²) in [7, 11) is -4.43. The van der Waals surface area contributed by atoms with Crippen molar-refractivity contribution in [3.8, 4) is 23.8 Å². The number of nitro benzene ring substituents is 1. The van der Waals surface area contributed by atoms with Gasteiger partial charge in [-0.3, -0.25) is 10.1 Å². The van der Waals surface area contributed by atoms with Gasteiger partial charge in [0.1, 0.15) is 0 Å². The topological polar surface area (TPSA) is 117 Å². The van der Waals surface area contributed by atoms with Crippen LogP contribution in [-0.2, 0) is 19.5 Å². The van der Waals surface area contributed by atoms with Crippen LogP contribution < -0.4 is 9.47 Å². The van der Waals surface area contributed by atoms with E-state index in [1.54, 1.807) is 12.1 Å². The van der Waals surface area contributed by atoms with Gasteiger partial charge in [-0.25, -0.2) is 8.42 Å². The molecule has 0 amide bonds. The molecule has 1 atom stereocenters. The highest BCUT2D eigenvalue weighted by Gasteiger charge is 2.48. The van der Waals surface area contributed by atoms with Crippen LogP contribution in [0.25, 0.3) is 5.57 Å². The quantitative estimate of drug-likeness (QED) is 0.307. The highest BCUT2D eigenvalue weighted by Crippen LogP contribution is 2.45. The standard InChI is InChI=1S/C27H28N2O8S/c1-4-13-28(38(32,33)25-8-6-5-7-21(25)29(30)31)22-15-27(36-16-26(2,3)17-37-27)12-11-20(22)19-9-10-23-24(14-19)35-18-34-23/h1,5-11,14,22H,12-13,15-18H2,2-3H3. The minimum absolute atomic E-state index is 0.0944. The van der Waals surface area contributed by atoms with Gasteiger partial charge in [-0.15, -0.1) is 6.42 Å². The molecule has 0 N–H and O–H groups in total. The third kappa shape index (κ3) is 4.76. The van der Waals surface area contributed by atoms with Gasteiger partial charge in [0.2, 0.25) is 6.79 Å². The minimum atomic E-state index is -4.43. The molecule has 10 nitrogen and oxygen atoms in total. The molecule has 11 heteroatoms. The van der Waals surface area contributed by atoms with Gasteiger partial charge in [-0.05, 0) is 29.3 Å². The fourth-order valence-corrected chi connectivity index (χ4v) is 6.59. The van der Waals surface area contributed by atoms with Crippen molar-refractivity contribution in [1.29, 1.82) is 0 Å². The van der Waals surface area contributed by atoms with Gasteiger partial charge in [0, 0.05) is 24.3 Å². The van der Waals surface area contributed by atoms with E-state index in [0.717, 1.165) is 10.4 Å². The molecular formula is C27H28N2O8S. The number of hydrogen-bond donors (Lipinski definition) is 0. The zero-order chi connectivity index (χ0) is 27.1. The van der Waals surface area contributed by atoms with Gasteiger partial charge in [0.15, 0.2) is 22.2 Å². The van der Waals surface area contributed by atoms with E-state index in [-0.39, 0.29) is 25.2 Å². The third-order valence-corrected chi connectivity index (χ3v) is 8.80. The SMILES string of the molecule is C#CCN(C1CC2(CC=C1c1ccc3c(c1)OCO3)OCC(C)(C)CO2)S(=O)(=O)c1ccccc1[N+](=O)[O-]. The normalized spacial score (nSPS) is 21.6. The number of benzene rings is 2. The zero-order valence-corrected chi connectivity index (χ0v) is 21.9. The molecule has 2 aromatic rings. The number of hydrogen-bond acceptors (Lipinski definition) is 8. The summed E-state index contributed by atoms with van der Waals surface area (Å²) >= 11 is 0. The molecule has 1 saturated heterocycles. The van der Waals surface area contributed by atoms with Crippen molar-refractivity contribution < 1.29 is 32.3 Å². The number of para-hydroxylation sites is 1. The van der Waals surface area contributed by atoms with E-state index in [1.165, 1.54) is 18.2 Å². The second kappa shape index (κ2) is 9.71. The summed E-state index contributed by atoms with van der Waals surface area (Å²) in [5.74, 6) is 2.50. The van der Waals surface area contributed by atoms with Crippen molar-refractivity contribution in [2.24, 2.45) is 5.41 Å². The van der Waals surface area contributed by atoms with E-state index in [0.29, 0.717) is 42.3 Å². The van der Waals surface area contributed by atoms with Gasteiger partial charge in [-0.1, -0.05) is 44.0 Å². The van der Waals surface area contributed by atoms with E-state index < -0.39 is 37.4 Å². The summed E-state index contributed by atoms with van der Waals surface area (Å²) in [6, 6.07) is 9.77. The largest absolute Gasteiger partial charge is 0.454 e. The maximum absolute atomic E-state index is 14.1. The van der Waals surface area contributed by atoms with Crippen LogP contribution in [0.5, 0.6) is 11.5 Å². The van der Waals surface area contributed by atoms with Gasteiger partial charge < -0.3 is 18.9 Å². The van der Waals surface area contributed by atoms with Crippen LogP contribution in [0.2, 0.25) is 0 Å². The lowest BCUT2D eigenvalue weighted by Crippen LogP contribution is -2.54. The Hall–Kier alpha value is -3.43. The first-order valence-electron chi connectivity index (χ1n) is 12.1. The second-order valence-corrected chi connectivity index (χ2v) is 12.1. The molecule has 1 unspecified atom stereocenters. The number of fused-ring (bicyclic) bond motifs is 1. The molecular weight excluding hydrogens is 512 g/mol. The molecule has 2 heterocycles. The highest BCUT2D eigenvalue weighted by atomic mass is 32.2. The predicted octanol–water partition coefficient (Wildman–Crippen LogP) is 3.96. The van der Waals surface area contributed by atoms with Crippen LogP contribution in [0.1, 0.15) is 32.3 Å². The number of terminal acetylenes is 1. The number of nitrogens with zero attached hydrogens (tertiary/aromatic N) is 2. The van der Waals surface area contributed by atoms with E-state index in [4.69, 9.17) is 25.4 Å². The zero-order valence-electron chi connectivity index (χ0n) is 21.1. The highest BCUT2D eigenvalue weighted by molar-refractivity contribution is 7.89. The minimum Gasteiger partial charge on any atom is -0.454 e. The first-order valence-corrected chi connectivity index (χ1v) is 13.6. The summed E-state index contributed by atoms with van der Waals surface area (Å²) in [5.41, 5.74) is 0.658. The Balaban J connectivity index is 1.62. The maximum atomic E-state index is 14.1. The maximum Gasteiger partial charge on any atom is 0.289 e. The molecule has 0 aromatic heterocycles. The number of nitro groups is 1. The molecule has 1 fully saturated rings. The lowest BCUT2D eigenvalue weighted by Gasteiger charge is -2.48. The summed E-state index contributed by atoms with van der Waals surface area (Å²) in [4.78, 5) is 10.6. The Morgan fingerprint density at radius 3 is 2.55 bits per heavy atom. The summed E-state index contributed by atoms with van der Waals surface area (Å²) in [5, 5.41) is 11.7. The van der Waals surface area contributed by atoms with Crippen LogP contribution in [0.4, 0.5) is 5.69 Å². The first-order chi connectivity index (χ1) is 18.1. The Morgan fingerprint density at radius 2 is 1.84 bits per heavy atom. The Kier molecular flexibility index (Phi) is 6.69. The van der Waals surface area contributed by atoms with Crippen LogP contribution in [0.3, 0.4) is 0 Å². The molecule has 0 radical (unpaired) electrons. The fourth-order valence-electron chi connectivity index (χ4n) is 4.91. The predicted molar refractivity (Wildman–Crippen MR) is 138 cm³/mol. The average Bonchev–Trinajstić information content (AvgIpc) is 3.37. The summed E-state index contributed by atoms with van der Waals surface area (Å²) < 4.78 is 52.7. The van der Waals surface area contributed by atoms with Crippen molar-refractivity contribution >= 4 is 21.3 Å². The Bertz CT molecular complexity index is 1430. The lowest BCUT2D eigenvalue weighted by atomic mass is 9.83. The van der Waals surface area contributed by atoms with Crippen LogP contribution in [-0.4, -0.2) is 56.0 Å². The molecule has 2 aliphatic heterocycles. The van der Waals surface area contributed by atoms with Crippen molar-refractivity contribution in [3.05, 3.63) is 64.2 Å². The molecule has 1 aliphatic carbocycles. The Labute approximate surface area is 221 Å². The summed E-state index contributed by atoms with van der Waals surface area (Å²) in [6.45, 7) is 4.69. The van der Waals surface area contributed by atoms with E-state index in [2.05, 4.69) is 5.92 Å². The first kappa shape index (κ1) is 26.2. The molecule has 38 heavy (non-hydrogen) atoms. The van der Waals surface area contributed by atoms with Crippen LogP contribution >= 0.6 is 0 Å². The Morgan fingerprint density at radius 1 is 1.13 bits per heavy atom. The third-order valence-electron chi connectivity index (χ3n) is 6.90. The molecule has 3 aliphatic rings. The molecule has 200 valence electrons. The van der Waals surface area contributed by atoms with E-state index in [1.807, 2.05) is 26.0 Å². The van der Waals surface area contributed by atoms with Crippen LogP contribution in [0, 0.1) is 27.9 Å². The molecule has 0 bridgehead atoms. The van der Waals surface area contributed by atoms with Gasteiger partial charge >= 0.3 is 0 Å². The van der Waals surface area contributed by atoms with Crippen molar-refractivity contribution in [3.63, 3.8) is 0 Å². The van der Waals surface area contributed by atoms with Gasteiger partial charge in [0.25, 0.3) is 15.7 Å². The number of sulfonamides is 1.